The first-order valence-corrected chi connectivity index (χ1v) is 19.5. The fourth-order valence-corrected chi connectivity index (χ4v) is 6.86. The zero-order valence-electron chi connectivity index (χ0n) is 26.2. The Hall–Kier alpha value is -2.25. The molecule has 3 heterocycles. The lowest BCUT2D eigenvalue weighted by molar-refractivity contribution is -0.0365. The summed E-state index contributed by atoms with van der Waals surface area (Å²) in [6.45, 7) is 17.5. The molecule has 1 aliphatic heterocycles. The van der Waals surface area contributed by atoms with Crippen LogP contribution in [0.1, 0.15) is 66.5 Å². The van der Waals surface area contributed by atoms with Crippen LogP contribution in [0, 0.1) is 11.8 Å². The molecular formula is C30H48N4O6SSi. The van der Waals surface area contributed by atoms with Gasteiger partial charge in [-0.3, -0.25) is 9.23 Å². The standard InChI is InChI=1S/C30H48N4O6SSi/c1-22(21-41(35,36)37)13-15-38-20-23(2)18-33-19-24(17-31-33)29-26-16-25(40-42(6,7)30(3,4)5)11-12-27(26)34(32-29)28-10-8-9-14-39-28/h11-12,16-17,19,22-23,28H,8-10,13-15,18,20-21H2,1-7H3,(H,35,36,37). The van der Waals surface area contributed by atoms with E-state index in [-0.39, 0.29) is 28.9 Å². The Bertz CT molecular complexity index is 1440. The molecule has 0 radical (unpaired) electrons. The summed E-state index contributed by atoms with van der Waals surface area (Å²) >= 11 is 0. The van der Waals surface area contributed by atoms with E-state index >= 15 is 0 Å². The Morgan fingerprint density at radius 3 is 2.62 bits per heavy atom. The third-order valence-electron chi connectivity index (χ3n) is 8.34. The maximum atomic E-state index is 11.0. The quantitative estimate of drug-likeness (QED) is 0.130. The Kier molecular flexibility index (Phi) is 10.2. The Labute approximate surface area is 251 Å². The summed E-state index contributed by atoms with van der Waals surface area (Å²) in [4.78, 5) is 0. The van der Waals surface area contributed by atoms with Crippen LogP contribution in [0.25, 0.3) is 22.2 Å². The normalized spacial score (nSPS) is 18.3. The van der Waals surface area contributed by atoms with Crippen molar-refractivity contribution in [3.05, 3.63) is 30.6 Å². The molecule has 1 aromatic carbocycles. The molecule has 0 amide bonds. The molecule has 3 unspecified atom stereocenters. The maximum absolute atomic E-state index is 11.0. The van der Waals surface area contributed by atoms with Gasteiger partial charge in [-0.05, 0) is 73.9 Å². The largest absolute Gasteiger partial charge is 0.543 e. The zero-order valence-corrected chi connectivity index (χ0v) is 28.0. The van der Waals surface area contributed by atoms with E-state index in [2.05, 4.69) is 64.1 Å². The molecule has 1 fully saturated rings. The third-order valence-corrected chi connectivity index (χ3v) is 13.7. The average molecular weight is 621 g/mol. The second kappa shape index (κ2) is 13.2. The van der Waals surface area contributed by atoms with E-state index in [1.165, 1.54) is 0 Å². The smallest absolute Gasteiger partial charge is 0.265 e. The van der Waals surface area contributed by atoms with Gasteiger partial charge in [0.05, 0.1) is 24.1 Å². The topological polar surface area (TPSA) is 118 Å². The minimum Gasteiger partial charge on any atom is -0.543 e. The molecule has 0 saturated carbocycles. The Morgan fingerprint density at radius 2 is 1.95 bits per heavy atom. The number of benzene rings is 1. The van der Waals surface area contributed by atoms with Crippen molar-refractivity contribution in [3.8, 4) is 17.0 Å². The van der Waals surface area contributed by atoms with Gasteiger partial charge in [-0.1, -0.05) is 34.6 Å². The zero-order chi connectivity index (χ0) is 30.7. The van der Waals surface area contributed by atoms with Crippen LogP contribution in [-0.2, 0) is 26.1 Å². The number of hydrogen-bond acceptors (Lipinski definition) is 7. The monoisotopic (exact) mass is 620 g/mol. The molecule has 0 spiro atoms. The van der Waals surface area contributed by atoms with Crippen molar-refractivity contribution in [2.75, 3.05) is 25.6 Å². The van der Waals surface area contributed by atoms with Gasteiger partial charge in [0, 0.05) is 36.9 Å². The first-order valence-electron chi connectivity index (χ1n) is 15.0. The van der Waals surface area contributed by atoms with Crippen LogP contribution in [0.15, 0.2) is 30.6 Å². The number of fused-ring (bicyclic) bond motifs is 1. The number of rotatable bonds is 13. The molecule has 3 aromatic rings. The molecule has 4 rings (SSSR count). The molecule has 10 nitrogen and oxygen atoms in total. The summed E-state index contributed by atoms with van der Waals surface area (Å²) in [5.41, 5.74) is 2.83. The molecule has 1 aliphatic rings. The minimum atomic E-state index is -3.96. The van der Waals surface area contributed by atoms with Crippen molar-refractivity contribution < 1.29 is 26.9 Å². The number of nitrogens with zero attached hydrogens (tertiary/aromatic N) is 4. The second-order valence-corrected chi connectivity index (χ2v) is 19.7. The van der Waals surface area contributed by atoms with Crippen molar-refractivity contribution in [2.45, 2.75) is 91.2 Å². The summed E-state index contributed by atoms with van der Waals surface area (Å²) in [6, 6.07) is 6.28. The van der Waals surface area contributed by atoms with Gasteiger partial charge in [-0.2, -0.15) is 18.6 Å². The van der Waals surface area contributed by atoms with E-state index < -0.39 is 18.4 Å². The van der Waals surface area contributed by atoms with Gasteiger partial charge in [0.1, 0.15) is 11.4 Å². The van der Waals surface area contributed by atoms with Crippen LogP contribution < -0.4 is 4.43 Å². The molecule has 42 heavy (non-hydrogen) atoms. The average Bonchev–Trinajstić information content (AvgIpc) is 3.49. The number of hydrogen-bond donors (Lipinski definition) is 1. The van der Waals surface area contributed by atoms with Crippen LogP contribution in [0.3, 0.4) is 0 Å². The van der Waals surface area contributed by atoms with Crippen molar-refractivity contribution in [2.24, 2.45) is 11.8 Å². The molecule has 12 heteroatoms. The first kappa shape index (κ1) is 32.7. The lowest BCUT2D eigenvalue weighted by Gasteiger charge is -2.36. The highest BCUT2D eigenvalue weighted by Gasteiger charge is 2.39. The molecule has 3 atom stereocenters. The van der Waals surface area contributed by atoms with Crippen molar-refractivity contribution in [1.29, 1.82) is 0 Å². The van der Waals surface area contributed by atoms with E-state index in [0.29, 0.717) is 26.2 Å². The van der Waals surface area contributed by atoms with Gasteiger partial charge in [0.15, 0.2) is 6.23 Å². The van der Waals surface area contributed by atoms with Crippen molar-refractivity contribution >= 4 is 29.3 Å². The van der Waals surface area contributed by atoms with E-state index in [9.17, 15) is 8.42 Å². The molecule has 1 saturated heterocycles. The van der Waals surface area contributed by atoms with Crippen molar-refractivity contribution in [3.63, 3.8) is 0 Å². The molecule has 2 aromatic heterocycles. The lowest BCUT2D eigenvalue weighted by Crippen LogP contribution is -2.43. The highest BCUT2D eigenvalue weighted by atomic mass is 32.2. The van der Waals surface area contributed by atoms with Crippen LogP contribution in [0.5, 0.6) is 5.75 Å². The van der Waals surface area contributed by atoms with E-state index in [1.54, 1.807) is 6.92 Å². The lowest BCUT2D eigenvalue weighted by atomic mass is 10.1. The van der Waals surface area contributed by atoms with Gasteiger partial charge in [0.2, 0.25) is 8.32 Å². The van der Waals surface area contributed by atoms with E-state index in [0.717, 1.165) is 53.8 Å². The predicted molar refractivity (Wildman–Crippen MR) is 168 cm³/mol. The summed E-state index contributed by atoms with van der Waals surface area (Å²) in [5.74, 6) is 0.654. The summed E-state index contributed by atoms with van der Waals surface area (Å²) in [5, 5.41) is 10.8. The van der Waals surface area contributed by atoms with Crippen molar-refractivity contribution in [1.82, 2.24) is 19.6 Å². The van der Waals surface area contributed by atoms with Gasteiger partial charge in [-0.25, -0.2) is 4.68 Å². The first-order chi connectivity index (χ1) is 19.6. The molecule has 0 aliphatic carbocycles. The fraction of sp³-hybridized carbons (Fsp3) is 0.667. The fourth-order valence-electron chi connectivity index (χ4n) is 4.95. The third kappa shape index (κ3) is 8.43. The SMILES string of the molecule is CC(COCCC(C)CS(=O)(=O)O)Cn1cc(-c2nn(C3CCCCO3)c3ccc(O[Si](C)(C)C(C)(C)C)cc23)cn1. The molecule has 1 N–H and O–H groups in total. The second-order valence-electron chi connectivity index (χ2n) is 13.4. The molecule has 0 bridgehead atoms. The summed E-state index contributed by atoms with van der Waals surface area (Å²) in [6.07, 6.45) is 7.50. The van der Waals surface area contributed by atoms with Crippen LogP contribution in [0.2, 0.25) is 18.1 Å². The predicted octanol–water partition coefficient (Wildman–Crippen LogP) is 6.55. The van der Waals surface area contributed by atoms with Gasteiger partial charge in [-0.15, -0.1) is 0 Å². The van der Waals surface area contributed by atoms with Gasteiger partial charge in [0.25, 0.3) is 10.1 Å². The summed E-state index contributed by atoms with van der Waals surface area (Å²) in [7, 11) is -5.98. The molecule has 234 valence electrons. The number of ether oxygens (including phenoxy) is 2. The maximum Gasteiger partial charge on any atom is 0.265 e. The highest BCUT2D eigenvalue weighted by Crippen LogP contribution is 2.39. The minimum absolute atomic E-state index is 0.0881. The summed E-state index contributed by atoms with van der Waals surface area (Å²) < 4.78 is 53.6. The van der Waals surface area contributed by atoms with Crippen LogP contribution >= 0.6 is 0 Å². The Morgan fingerprint density at radius 1 is 1.19 bits per heavy atom. The van der Waals surface area contributed by atoms with Gasteiger partial charge < -0.3 is 13.9 Å². The Balaban J connectivity index is 1.50. The molecular weight excluding hydrogens is 573 g/mol. The highest BCUT2D eigenvalue weighted by molar-refractivity contribution is 7.85. The van der Waals surface area contributed by atoms with Crippen LogP contribution in [-0.4, -0.2) is 66.4 Å². The van der Waals surface area contributed by atoms with Crippen LogP contribution in [0.4, 0.5) is 0 Å². The number of aromatic nitrogens is 4. The van der Waals surface area contributed by atoms with E-state index in [1.807, 2.05) is 21.8 Å². The van der Waals surface area contributed by atoms with E-state index in [4.69, 9.17) is 23.6 Å². The van der Waals surface area contributed by atoms with Gasteiger partial charge >= 0.3 is 0 Å².